The van der Waals surface area contributed by atoms with Gasteiger partial charge in [-0.05, 0) is 27.2 Å². The van der Waals surface area contributed by atoms with Gasteiger partial charge in [-0.2, -0.15) is 9.97 Å². The SMILES string of the molecule is CCOc1cc(OCC(C)(N)CC)nc(C)n1. The number of nitrogens with zero attached hydrogens (tertiary/aromatic N) is 2. The van der Waals surface area contributed by atoms with E-state index in [-0.39, 0.29) is 5.54 Å². The van der Waals surface area contributed by atoms with E-state index in [4.69, 9.17) is 15.2 Å². The first-order valence-electron chi connectivity index (χ1n) is 5.87. The molecular weight excluding hydrogens is 218 g/mol. The zero-order valence-corrected chi connectivity index (χ0v) is 11.0. The van der Waals surface area contributed by atoms with Crippen molar-refractivity contribution in [1.82, 2.24) is 9.97 Å². The third-order valence-electron chi connectivity index (χ3n) is 2.44. The van der Waals surface area contributed by atoms with Gasteiger partial charge in [0, 0.05) is 5.54 Å². The Kier molecular flexibility index (Phi) is 4.69. The largest absolute Gasteiger partial charge is 0.478 e. The van der Waals surface area contributed by atoms with Crippen LogP contribution in [0, 0.1) is 6.92 Å². The summed E-state index contributed by atoms with van der Waals surface area (Å²) in [4.78, 5) is 8.33. The molecule has 0 radical (unpaired) electrons. The van der Waals surface area contributed by atoms with Gasteiger partial charge in [-0.3, -0.25) is 0 Å². The molecule has 0 spiro atoms. The molecule has 0 saturated heterocycles. The van der Waals surface area contributed by atoms with Gasteiger partial charge in [0.2, 0.25) is 11.8 Å². The predicted octanol–water partition coefficient (Wildman–Crippen LogP) is 1.69. The second-order valence-corrected chi connectivity index (χ2v) is 4.32. The van der Waals surface area contributed by atoms with Gasteiger partial charge in [-0.25, -0.2) is 0 Å². The number of aryl methyl sites for hydroxylation is 1. The van der Waals surface area contributed by atoms with Gasteiger partial charge >= 0.3 is 0 Å². The van der Waals surface area contributed by atoms with Crippen LogP contribution < -0.4 is 15.2 Å². The van der Waals surface area contributed by atoms with Crippen molar-refractivity contribution in [3.8, 4) is 11.8 Å². The van der Waals surface area contributed by atoms with Gasteiger partial charge in [0.25, 0.3) is 0 Å². The summed E-state index contributed by atoms with van der Waals surface area (Å²) in [5, 5.41) is 0. The van der Waals surface area contributed by atoms with Crippen molar-refractivity contribution < 1.29 is 9.47 Å². The van der Waals surface area contributed by atoms with Crippen LogP contribution >= 0.6 is 0 Å². The predicted molar refractivity (Wildman–Crippen MR) is 66.3 cm³/mol. The maximum Gasteiger partial charge on any atom is 0.220 e. The molecule has 17 heavy (non-hydrogen) atoms. The van der Waals surface area contributed by atoms with Gasteiger partial charge < -0.3 is 15.2 Å². The molecule has 0 bridgehead atoms. The molecule has 1 aromatic rings. The van der Waals surface area contributed by atoms with Crippen LogP contribution in [-0.4, -0.2) is 28.7 Å². The summed E-state index contributed by atoms with van der Waals surface area (Å²) in [5.41, 5.74) is 5.66. The van der Waals surface area contributed by atoms with Crippen LogP contribution in [0.25, 0.3) is 0 Å². The maximum absolute atomic E-state index is 6.00. The zero-order chi connectivity index (χ0) is 12.9. The quantitative estimate of drug-likeness (QED) is 0.818. The van der Waals surface area contributed by atoms with Crippen LogP contribution in [0.3, 0.4) is 0 Å². The van der Waals surface area contributed by atoms with Crippen molar-refractivity contribution in [2.24, 2.45) is 5.73 Å². The Hall–Kier alpha value is -1.36. The summed E-state index contributed by atoms with van der Waals surface area (Å²) in [6.07, 6.45) is 0.843. The Morgan fingerprint density at radius 2 is 1.82 bits per heavy atom. The topological polar surface area (TPSA) is 70.3 Å². The van der Waals surface area contributed by atoms with Gasteiger partial charge in [0.15, 0.2) is 0 Å². The van der Waals surface area contributed by atoms with E-state index in [1.165, 1.54) is 0 Å². The molecule has 1 atom stereocenters. The van der Waals surface area contributed by atoms with E-state index in [2.05, 4.69) is 9.97 Å². The minimum absolute atomic E-state index is 0.343. The fourth-order valence-electron chi connectivity index (χ4n) is 1.15. The highest BCUT2D eigenvalue weighted by Gasteiger charge is 2.17. The molecule has 2 N–H and O–H groups in total. The van der Waals surface area contributed by atoms with Gasteiger partial charge in [-0.15, -0.1) is 0 Å². The van der Waals surface area contributed by atoms with Crippen LogP contribution in [-0.2, 0) is 0 Å². The number of rotatable bonds is 6. The first-order chi connectivity index (χ1) is 7.96. The molecule has 1 heterocycles. The van der Waals surface area contributed by atoms with E-state index in [0.29, 0.717) is 30.8 Å². The molecule has 1 unspecified atom stereocenters. The molecule has 0 aliphatic heterocycles. The molecule has 0 saturated carbocycles. The van der Waals surface area contributed by atoms with Crippen LogP contribution in [0.1, 0.15) is 33.0 Å². The lowest BCUT2D eigenvalue weighted by Gasteiger charge is -2.22. The fraction of sp³-hybridized carbons (Fsp3) is 0.667. The molecule has 0 fully saturated rings. The summed E-state index contributed by atoms with van der Waals surface area (Å²) in [7, 11) is 0. The van der Waals surface area contributed by atoms with Crippen LogP contribution in [0.2, 0.25) is 0 Å². The lowest BCUT2D eigenvalue weighted by molar-refractivity contribution is 0.216. The summed E-state index contributed by atoms with van der Waals surface area (Å²) < 4.78 is 10.9. The molecule has 0 aliphatic rings. The normalized spacial score (nSPS) is 14.2. The highest BCUT2D eigenvalue weighted by Crippen LogP contribution is 2.17. The molecule has 5 heteroatoms. The van der Waals surface area contributed by atoms with Crippen LogP contribution in [0.4, 0.5) is 0 Å². The molecule has 0 aliphatic carbocycles. The third kappa shape index (κ3) is 4.56. The number of ether oxygens (including phenoxy) is 2. The number of hydrogen-bond acceptors (Lipinski definition) is 5. The van der Waals surface area contributed by atoms with Gasteiger partial charge in [0.1, 0.15) is 12.4 Å². The molecule has 0 amide bonds. The Bertz CT molecular complexity index is 367. The van der Waals surface area contributed by atoms with E-state index in [9.17, 15) is 0 Å². The third-order valence-corrected chi connectivity index (χ3v) is 2.44. The average Bonchev–Trinajstić information content (AvgIpc) is 2.26. The van der Waals surface area contributed by atoms with Crippen LogP contribution in [0.5, 0.6) is 11.8 Å². The smallest absolute Gasteiger partial charge is 0.220 e. The van der Waals surface area contributed by atoms with Gasteiger partial charge in [0.05, 0.1) is 12.7 Å². The van der Waals surface area contributed by atoms with Crippen molar-refractivity contribution in [3.63, 3.8) is 0 Å². The summed E-state index contributed by atoms with van der Waals surface area (Å²) in [5.74, 6) is 1.66. The molecular formula is C12H21N3O2. The number of aromatic nitrogens is 2. The van der Waals surface area contributed by atoms with Crippen molar-refractivity contribution in [2.75, 3.05) is 13.2 Å². The lowest BCUT2D eigenvalue weighted by Crippen LogP contribution is -2.41. The van der Waals surface area contributed by atoms with Crippen LogP contribution in [0.15, 0.2) is 6.07 Å². The van der Waals surface area contributed by atoms with Crippen molar-refractivity contribution >= 4 is 0 Å². The fourth-order valence-corrected chi connectivity index (χ4v) is 1.15. The van der Waals surface area contributed by atoms with Crippen molar-refractivity contribution in [3.05, 3.63) is 11.9 Å². The zero-order valence-electron chi connectivity index (χ0n) is 11.0. The standard InChI is InChI=1S/C12H21N3O2/c1-5-12(4,13)8-17-11-7-10(16-6-2)14-9(3)15-11/h7H,5-6,8,13H2,1-4H3. The average molecular weight is 239 g/mol. The second-order valence-electron chi connectivity index (χ2n) is 4.32. The maximum atomic E-state index is 6.00. The summed E-state index contributed by atoms with van der Waals surface area (Å²) in [6.45, 7) is 8.68. The molecule has 0 aromatic carbocycles. The minimum atomic E-state index is -0.343. The van der Waals surface area contributed by atoms with E-state index >= 15 is 0 Å². The minimum Gasteiger partial charge on any atom is -0.478 e. The molecule has 1 aromatic heterocycles. The molecule has 5 nitrogen and oxygen atoms in total. The Balaban J connectivity index is 2.70. The van der Waals surface area contributed by atoms with Crippen molar-refractivity contribution in [2.45, 2.75) is 39.7 Å². The first-order valence-corrected chi connectivity index (χ1v) is 5.87. The van der Waals surface area contributed by atoms with E-state index in [1.807, 2.05) is 20.8 Å². The van der Waals surface area contributed by atoms with Crippen molar-refractivity contribution in [1.29, 1.82) is 0 Å². The van der Waals surface area contributed by atoms with Gasteiger partial charge in [-0.1, -0.05) is 6.92 Å². The van der Waals surface area contributed by atoms with E-state index in [1.54, 1.807) is 13.0 Å². The second kappa shape index (κ2) is 5.82. The lowest BCUT2D eigenvalue weighted by atomic mass is 10.0. The van der Waals surface area contributed by atoms with E-state index in [0.717, 1.165) is 6.42 Å². The highest BCUT2D eigenvalue weighted by atomic mass is 16.5. The van der Waals surface area contributed by atoms with E-state index < -0.39 is 0 Å². The highest BCUT2D eigenvalue weighted by molar-refractivity contribution is 5.20. The number of hydrogen-bond donors (Lipinski definition) is 1. The molecule has 1 rings (SSSR count). The molecule has 96 valence electrons. The number of nitrogens with two attached hydrogens (primary N) is 1. The Morgan fingerprint density at radius 3 is 2.35 bits per heavy atom. The summed E-state index contributed by atoms with van der Waals surface area (Å²) >= 11 is 0. The Morgan fingerprint density at radius 1 is 1.24 bits per heavy atom. The Labute approximate surface area is 102 Å². The first kappa shape index (κ1) is 13.7. The monoisotopic (exact) mass is 239 g/mol. The summed E-state index contributed by atoms with van der Waals surface area (Å²) in [6, 6.07) is 1.68.